The minimum Gasteiger partial charge on any atom is -0.394 e. The van der Waals surface area contributed by atoms with Crippen molar-refractivity contribution in [2.45, 2.75) is 26.8 Å². The van der Waals surface area contributed by atoms with E-state index in [1.54, 1.807) is 0 Å². The van der Waals surface area contributed by atoms with E-state index < -0.39 is 0 Å². The van der Waals surface area contributed by atoms with Gasteiger partial charge in [-0.05, 0) is 12.8 Å². The van der Waals surface area contributed by atoms with Crippen LogP contribution >= 0.6 is 0 Å². The molecule has 1 heterocycles. The highest BCUT2D eigenvalue weighted by molar-refractivity contribution is 5.64. The van der Waals surface area contributed by atoms with Crippen LogP contribution in [0.2, 0.25) is 0 Å². The van der Waals surface area contributed by atoms with Crippen molar-refractivity contribution >= 4 is 11.8 Å². The van der Waals surface area contributed by atoms with Gasteiger partial charge in [-0.1, -0.05) is 44.2 Å². The number of aliphatic hydroxyl groups excluding tert-OH is 1. The van der Waals surface area contributed by atoms with Crippen LogP contribution in [0.25, 0.3) is 11.3 Å². The second kappa shape index (κ2) is 7.75. The van der Waals surface area contributed by atoms with Crippen LogP contribution in [-0.2, 0) is 0 Å². The molecule has 0 saturated heterocycles. The minimum absolute atomic E-state index is 0.0487. The van der Waals surface area contributed by atoms with E-state index in [0.29, 0.717) is 5.95 Å². The van der Waals surface area contributed by atoms with Crippen molar-refractivity contribution in [3.63, 3.8) is 0 Å². The van der Waals surface area contributed by atoms with Gasteiger partial charge in [0.2, 0.25) is 5.95 Å². The summed E-state index contributed by atoms with van der Waals surface area (Å²) in [5.41, 5.74) is 1.90. The van der Waals surface area contributed by atoms with E-state index in [1.807, 2.05) is 43.3 Å². The van der Waals surface area contributed by atoms with Crippen molar-refractivity contribution in [3.05, 3.63) is 36.4 Å². The van der Waals surface area contributed by atoms with Crippen LogP contribution in [0.1, 0.15) is 20.8 Å². The summed E-state index contributed by atoms with van der Waals surface area (Å²) >= 11 is 0. The summed E-state index contributed by atoms with van der Waals surface area (Å²) in [4.78, 5) is 9.06. The number of nitrogens with zero attached hydrogens (tertiary/aromatic N) is 2. The van der Waals surface area contributed by atoms with Gasteiger partial charge in [0.25, 0.3) is 0 Å². The standard InChI is InChI=1S/C17H24N4O/c1-4-18-16-10-14(13-8-6-5-7-9-13)19-17(21-16)20-15(11-22)12(2)3/h5-10,12,15,22H,4,11H2,1-3H3,(H2,18,19,20,21)/t15-/m0/s1. The maximum absolute atomic E-state index is 9.48. The van der Waals surface area contributed by atoms with Gasteiger partial charge in [-0.2, -0.15) is 4.98 Å². The average molecular weight is 300 g/mol. The average Bonchev–Trinajstić information content (AvgIpc) is 2.53. The van der Waals surface area contributed by atoms with Gasteiger partial charge in [0.15, 0.2) is 0 Å². The van der Waals surface area contributed by atoms with Crippen LogP contribution in [0.15, 0.2) is 36.4 Å². The van der Waals surface area contributed by atoms with Crippen molar-refractivity contribution in [2.24, 2.45) is 5.92 Å². The van der Waals surface area contributed by atoms with Crippen LogP contribution in [0, 0.1) is 5.92 Å². The molecule has 3 N–H and O–H groups in total. The van der Waals surface area contributed by atoms with Crippen molar-refractivity contribution < 1.29 is 5.11 Å². The third kappa shape index (κ3) is 4.18. The summed E-state index contributed by atoms with van der Waals surface area (Å²) in [6, 6.07) is 11.9. The van der Waals surface area contributed by atoms with Crippen LogP contribution < -0.4 is 10.6 Å². The van der Waals surface area contributed by atoms with Crippen LogP contribution in [0.5, 0.6) is 0 Å². The fourth-order valence-electron chi connectivity index (χ4n) is 2.13. The number of anilines is 2. The highest BCUT2D eigenvalue weighted by atomic mass is 16.3. The van der Waals surface area contributed by atoms with Gasteiger partial charge in [0.05, 0.1) is 18.3 Å². The molecule has 0 fully saturated rings. The lowest BCUT2D eigenvalue weighted by molar-refractivity contribution is 0.248. The first-order valence-electron chi connectivity index (χ1n) is 7.69. The van der Waals surface area contributed by atoms with Crippen molar-refractivity contribution in [2.75, 3.05) is 23.8 Å². The van der Waals surface area contributed by atoms with Crippen LogP contribution in [0.3, 0.4) is 0 Å². The maximum atomic E-state index is 9.48. The van der Waals surface area contributed by atoms with E-state index in [1.165, 1.54) is 0 Å². The molecule has 0 unspecified atom stereocenters. The van der Waals surface area contributed by atoms with Gasteiger partial charge >= 0.3 is 0 Å². The second-order valence-corrected chi connectivity index (χ2v) is 5.54. The summed E-state index contributed by atoms with van der Waals surface area (Å²) < 4.78 is 0. The van der Waals surface area contributed by atoms with Crippen molar-refractivity contribution in [1.82, 2.24) is 9.97 Å². The van der Waals surface area contributed by atoms with Gasteiger partial charge in [0.1, 0.15) is 5.82 Å². The minimum atomic E-state index is -0.0690. The maximum Gasteiger partial charge on any atom is 0.225 e. The molecule has 0 aliphatic carbocycles. The van der Waals surface area contributed by atoms with E-state index in [-0.39, 0.29) is 18.6 Å². The number of nitrogens with one attached hydrogen (secondary N) is 2. The van der Waals surface area contributed by atoms with Gasteiger partial charge < -0.3 is 15.7 Å². The monoisotopic (exact) mass is 300 g/mol. The highest BCUT2D eigenvalue weighted by Gasteiger charge is 2.14. The Kier molecular flexibility index (Phi) is 5.72. The molecule has 0 aliphatic rings. The Morgan fingerprint density at radius 1 is 1.14 bits per heavy atom. The largest absolute Gasteiger partial charge is 0.394 e. The third-order valence-electron chi connectivity index (χ3n) is 3.47. The predicted octanol–water partition coefficient (Wildman–Crippen LogP) is 3.00. The predicted molar refractivity (Wildman–Crippen MR) is 91.0 cm³/mol. The molecular weight excluding hydrogens is 276 g/mol. The zero-order valence-corrected chi connectivity index (χ0v) is 13.4. The molecule has 0 radical (unpaired) electrons. The van der Waals surface area contributed by atoms with E-state index in [9.17, 15) is 5.11 Å². The molecule has 0 aliphatic heterocycles. The van der Waals surface area contributed by atoms with Crippen molar-refractivity contribution in [3.8, 4) is 11.3 Å². The first-order chi connectivity index (χ1) is 10.6. The zero-order valence-electron chi connectivity index (χ0n) is 13.4. The smallest absolute Gasteiger partial charge is 0.225 e. The highest BCUT2D eigenvalue weighted by Crippen LogP contribution is 2.22. The molecule has 0 bridgehead atoms. The number of rotatable bonds is 7. The van der Waals surface area contributed by atoms with E-state index in [2.05, 4.69) is 34.4 Å². The van der Waals surface area contributed by atoms with E-state index in [0.717, 1.165) is 23.6 Å². The lowest BCUT2D eigenvalue weighted by Gasteiger charge is -2.20. The molecule has 22 heavy (non-hydrogen) atoms. The Morgan fingerprint density at radius 3 is 2.45 bits per heavy atom. The summed E-state index contributed by atoms with van der Waals surface area (Å²) in [5, 5.41) is 15.9. The number of hydrogen-bond acceptors (Lipinski definition) is 5. The zero-order chi connectivity index (χ0) is 15.9. The summed E-state index contributed by atoms with van der Waals surface area (Å²) in [7, 11) is 0. The normalized spacial score (nSPS) is 12.2. The molecule has 2 rings (SSSR count). The first-order valence-corrected chi connectivity index (χ1v) is 7.69. The van der Waals surface area contributed by atoms with Crippen LogP contribution in [0.4, 0.5) is 11.8 Å². The molecule has 1 atom stereocenters. The summed E-state index contributed by atoms with van der Waals surface area (Å²) in [6.45, 7) is 6.98. The SMILES string of the molecule is CCNc1cc(-c2ccccc2)nc(N[C@@H](CO)C(C)C)n1. The molecule has 0 saturated carbocycles. The topological polar surface area (TPSA) is 70.1 Å². The molecule has 5 nitrogen and oxygen atoms in total. The quantitative estimate of drug-likeness (QED) is 0.733. The summed E-state index contributed by atoms with van der Waals surface area (Å²) in [6.07, 6.45) is 0. The Hall–Kier alpha value is -2.14. The molecule has 1 aromatic carbocycles. The molecule has 0 amide bonds. The Labute approximate surface area is 131 Å². The van der Waals surface area contributed by atoms with Gasteiger partial charge in [-0.3, -0.25) is 0 Å². The Balaban J connectivity index is 2.35. The fourth-order valence-corrected chi connectivity index (χ4v) is 2.13. The molecule has 1 aromatic heterocycles. The molecular formula is C17H24N4O. The molecule has 2 aromatic rings. The molecule has 0 spiro atoms. The van der Waals surface area contributed by atoms with Gasteiger partial charge in [0, 0.05) is 18.2 Å². The van der Waals surface area contributed by atoms with E-state index >= 15 is 0 Å². The lowest BCUT2D eigenvalue weighted by Crippen LogP contribution is -2.30. The Bertz CT molecular complexity index is 586. The van der Waals surface area contributed by atoms with Crippen LogP contribution in [-0.4, -0.2) is 34.3 Å². The first kappa shape index (κ1) is 16.2. The van der Waals surface area contributed by atoms with Gasteiger partial charge in [-0.15, -0.1) is 0 Å². The molecule has 118 valence electrons. The second-order valence-electron chi connectivity index (χ2n) is 5.54. The van der Waals surface area contributed by atoms with E-state index in [4.69, 9.17) is 0 Å². The number of hydrogen-bond donors (Lipinski definition) is 3. The third-order valence-corrected chi connectivity index (χ3v) is 3.47. The number of aromatic nitrogens is 2. The number of benzene rings is 1. The van der Waals surface area contributed by atoms with Crippen molar-refractivity contribution in [1.29, 1.82) is 0 Å². The number of aliphatic hydroxyl groups is 1. The lowest BCUT2D eigenvalue weighted by atomic mass is 10.1. The summed E-state index contributed by atoms with van der Waals surface area (Å²) in [5.74, 6) is 1.60. The molecule has 5 heteroatoms. The van der Waals surface area contributed by atoms with Gasteiger partial charge in [-0.25, -0.2) is 4.98 Å². The Morgan fingerprint density at radius 2 is 1.86 bits per heavy atom. The fraction of sp³-hybridized carbons (Fsp3) is 0.412.